The van der Waals surface area contributed by atoms with E-state index in [1.165, 1.54) is 0 Å². The van der Waals surface area contributed by atoms with Crippen LogP contribution in [0.5, 0.6) is 0 Å². The van der Waals surface area contributed by atoms with Crippen LogP contribution in [0.3, 0.4) is 0 Å². The zero-order valence-corrected chi connectivity index (χ0v) is 19.5. The monoisotopic (exact) mass is 444 g/mol. The van der Waals surface area contributed by atoms with E-state index in [9.17, 15) is 9.59 Å². The Bertz CT molecular complexity index is 1130. The van der Waals surface area contributed by atoms with E-state index in [4.69, 9.17) is 4.98 Å². The second-order valence-corrected chi connectivity index (χ2v) is 9.73. The van der Waals surface area contributed by atoms with E-state index in [0.717, 1.165) is 72.3 Å². The molecule has 0 aliphatic carbocycles. The summed E-state index contributed by atoms with van der Waals surface area (Å²) >= 11 is 0. The Morgan fingerprint density at radius 3 is 2.45 bits per heavy atom. The minimum absolute atomic E-state index is 0.0399. The largest absolute Gasteiger partial charge is 0.342 e. The lowest BCUT2D eigenvalue weighted by molar-refractivity contribution is -0.138. The van der Waals surface area contributed by atoms with E-state index in [0.29, 0.717) is 13.1 Å². The number of aromatic amines is 1. The van der Waals surface area contributed by atoms with Crippen LogP contribution < -0.4 is 0 Å². The molecule has 0 spiro atoms. The molecule has 1 aromatic heterocycles. The number of benzene rings is 2. The molecule has 5 rings (SSSR count). The number of carbonyl (C=O) groups excluding carboxylic acids is 2. The van der Waals surface area contributed by atoms with Crippen molar-refractivity contribution in [3.8, 4) is 0 Å². The highest BCUT2D eigenvalue weighted by molar-refractivity contribution is 5.95. The van der Waals surface area contributed by atoms with E-state index in [2.05, 4.69) is 11.1 Å². The summed E-state index contributed by atoms with van der Waals surface area (Å²) in [7, 11) is 0. The van der Waals surface area contributed by atoms with Crippen LogP contribution in [0.1, 0.15) is 58.9 Å². The van der Waals surface area contributed by atoms with Crippen LogP contribution in [0.2, 0.25) is 0 Å². The van der Waals surface area contributed by atoms with Crippen LogP contribution in [0, 0.1) is 19.8 Å². The lowest BCUT2D eigenvalue weighted by Crippen LogP contribution is -2.49. The van der Waals surface area contributed by atoms with E-state index in [-0.39, 0.29) is 23.7 Å². The maximum Gasteiger partial charge on any atom is 0.253 e. The molecule has 0 saturated carbocycles. The summed E-state index contributed by atoms with van der Waals surface area (Å²) in [6.07, 6.45) is 3.73. The second kappa shape index (κ2) is 9.00. The molecule has 172 valence electrons. The lowest BCUT2D eigenvalue weighted by atomic mass is 9.92. The lowest BCUT2D eigenvalue weighted by Gasteiger charge is -2.38. The number of imidazole rings is 1. The van der Waals surface area contributed by atoms with Crippen molar-refractivity contribution in [2.75, 3.05) is 26.2 Å². The van der Waals surface area contributed by atoms with Gasteiger partial charge in [-0.1, -0.05) is 29.3 Å². The Hall–Kier alpha value is -3.15. The summed E-state index contributed by atoms with van der Waals surface area (Å²) in [4.78, 5) is 38.7. The molecule has 2 fully saturated rings. The SMILES string of the molecule is Cc1cc(C)cc(C(=O)N2CCCC(C(=O)N3CCCC(c4nc5ccccc5[nH]4)C3)C2)c1. The highest BCUT2D eigenvalue weighted by Crippen LogP contribution is 2.29. The topological polar surface area (TPSA) is 69.3 Å². The average molecular weight is 445 g/mol. The number of aryl methyl sites for hydroxylation is 2. The number of piperidine rings is 2. The molecule has 2 aromatic carbocycles. The summed E-state index contributed by atoms with van der Waals surface area (Å²) in [5, 5.41) is 0. The zero-order valence-electron chi connectivity index (χ0n) is 19.5. The fourth-order valence-electron chi connectivity index (χ4n) is 5.47. The van der Waals surface area contributed by atoms with Crippen LogP contribution in [0.25, 0.3) is 11.0 Å². The molecule has 0 radical (unpaired) electrons. The number of nitrogens with one attached hydrogen (secondary N) is 1. The number of nitrogens with zero attached hydrogens (tertiary/aromatic N) is 3. The Kier molecular flexibility index (Phi) is 5.92. The standard InChI is InChI=1S/C27H32N4O2/c1-18-13-19(2)15-22(14-18)27(33)31-12-6-8-21(17-31)26(32)30-11-5-7-20(16-30)25-28-23-9-3-4-10-24(23)29-25/h3-4,9-10,13-15,20-21H,5-8,11-12,16-17H2,1-2H3,(H,28,29). The van der Waals surface area contributed by atoms with E-state index < -0.39 is 0 Å². The number of carbonyl (C=O) groups is 2. The number of H-pyrrole nitrogens is 1. The molecule has 2 saturated heterocycles. The number of fused-ring (bicyclic) bond motifs is 1. The fourth-order valence-corrected chi connectivity index (χ4v) is 5.47. The minimum Gasteiger partial charge on any atom is -0.342 e. The third-order valence-corrected chi connectivity index (χ3v) is 7.05. The summed E-state index contributed by atoms with van der Waals surface area (Å²) in [6.45, 7) is 6.74. The predicted molar refractivity (Wildman–Crippen MR) is 129 cm³/mol. The van der Waals surface area contributed by atoms with E-state index in [1.807, 2.05) is 60.0 Å². The number of hydrogen-bond acceptors (Lipinski definition) is 3. The van der Waals surface area contributed by atoms with Gasteiger partial charge in [-0.2, -0.15) is 0 Å². The second-order valence-electron chi connectivity index (χ2n) is 9.73. The van der Waals surface area contributed by atoms with Gasteiger partial charge in [-0.15, -0.1) is 0 Å². The zero-order chi connectivity index (χ0) is 22.9. The molecule has 2 aliphatic heterocycles. The third kappa shape index (κ3) is 4.52. The summed E-state index contributed by atoms with van der Waals surface area (Å²) in [5.41, 5.74) is 4.93. The van der Waals surface area contributed by atoms with Crippen molar-refractivity contribution in [2.45, 2.75) is 45.4 Å². The summed E-state index contributed by atoms with van der Waals surface area (Å²) in [5.74, 6) is 1.31. The maximum absolute atomic E-state index is 13.5. The molecule has 2 aliphatic rings. The van der Waals surface area contributed by atoms with Gasteiger partial charge in [-0.3, -0.25) is 9.59 Å². The molecule has 1 N–H and O–H groups in total. The Morgan fingerprint density at radius 2 is 1.67 bits per heavy atom. The van der Waals surface area contributed by atoms with Crippen molar-refractivity contribution in [1.29, 1.82) is 0 Å². The Labute approximate surface area is 195 Å². The number of aromatic nitrogens is 2. The Morgan fingerprint density at radius 1 is 0.939 bits per heavy atom. The van der Waals surface area contributed by atoms with Crippen LogP contribution in [0.4, 0.5) is 0 Å². The number of likely N-dealkylation sites (tertiary alicyclic amines) is 2. The van der Waals surface area contributed by atoms with Crippen molar-refractivity contribution in [3.63, 3.8) is 0 Å². The molecule has 2 amide bonds. The molecule has 6 nitrogen and oxygen atoms in total. The quantitative estimate of drug-likeness (QED) is 0.649. The van der Waals surface area contributed by atoms with Gasteiger partial charge in [0.1, 0.15) is 5.82 Å². The van der Waals surface area contributed by atoms with Gasteiger partial charge in [0, 0.05) is 37.7 Å². The van der Waals surface area contributed by atoms with Crippen molar-refractivity contribution in [1.82, 2.24) is 19.8 Å². The molecule has 6 heteroatoms. The van der Waals surface area contributed by atoms with Gasteiger partial charge in [0.15, 0.2) is 0 Å². The predicted octanol–water partition coefficient (Wildman–Crippen LogP) is 4.44. The van der Waals surface area contributed by atoms with Crippen molar-refractivity contribution in [3.05, 3.63) is 65.0 Å². The molecule has 33 heavy (non-hydrogen) atoms. The molecule has 3 aromatic rings. The van der Waals surface area contributed by atoms with Crippen LogP contribution in [-0.2, 0) is 4.79 Å². The van der Waals surface area contributed by atoms with Crippen LogP contribution >= 0.6 is 0 Å². The first-order valence-electron chi connectivity index (χ1n) is 12.1. The number of amides is 2. The first-order valence-corrected chi connectivity index (χ1v) is 12.1. The first kappa shape index (κ1) is 21.7. The number of para-hydroxylation sites is 2. The van der Waals surface area contributed by atoms with Crippen molar-refractivity contribution >= 4 is 22.8 Å². The highest BCUT2D eigenvalue weighted by Gasteiger charge is 2.34. The number of rotatable bonds is 3. The molecule has 2 atom stereocenters. The average Bonchev–Trinajstić information content (AvgIpc) is 3.27. The van der Waals surface area contributed by atoms with Gasteiger partial charge in [0.25, 0.3) is 5.91 Å². The maximum atomic E-state index is 13.5. The molecular formula is C27H32N4O2. The molecule has 2 unspecified atom stereocenters. The summed E-state index contributed by atoms with van der Waals surface area (Å²) in [6, 6.07) is 14.0. The molecule has 0 bridgehead atoms. The van der Waals surface area contributed by atoms with Crippen molar-refractivity contribution < 1.29 is 9.59 Å². The van der Waals surface area contributed by atoms with Gasteiger partial charge in [-0.25, -0.2) is 4.98 Å². The van der Waals surface area contributed by atoms with E-state index >= 15 is 0 Å². The smallest absolute Gasteiger partial charge is 0.253 e. The highest BCUT2D eigenvalue weighted by atomic mass is 16.2. The normalized spacial score (nSPS) is 21.4. The first-order chi connectivity index (χ1) is 16.0. The van der Waals surface area contributed by atoms with Crippen molar-refractivity contribution in [2.24, 2.45) is 5.92 Å². The van der Waals surface area contributed by atoms with Crippen LogP contribution in [-0.4, -0.2) is 57.8 Å². The van der Waals surface area contributed by atoms with E-state index in [1.54, 1.807) is 0 Å². The van der Waals surface area contributed by atoms with Gasteiger partial charge in [0.2, 0.25) is 5.91 Å². The fraction of sp³-hybridized carbons (Fsp3) is 0.444. The third-order valence-electron chi connectivity index (χ3n) is 7.05. The van der Waals surface area contributed by atoms with Crippen LogP contribution in [0.15, 0.2) is 42.5 Å². The van der Waals surface area contributed by atoms with Gasteiger partial charge < -0.3 is 14.8 Å². The van der Waals surface area contributed by atoms with Gasteiger partial charge in [-0.05, 0) is 63.8 Å². The van der Waals surface area contributed by atoms with Gasteiger partial charge in [0.05, 0.1) is 17.0 Å². The number of hydrogen-bond donors (Lipinski definition) is 1. The Balaban J connectivity index is 1.27. The molecular weight excluding hydrogens is 412 g/mol. The minimum atomic E-state index is -0.122. The van der Waals surface area contributed by atoms with Gasteiger partial charge >= 0.3 is 0 Å². The summed E-state index contributed by atoms with van der Waals surface area (Å²) < 4.78 is 0. The molecule has 3 heterocycles.